The molecular formula is C24H22N8O2. The zero-order valence-corrected chi connectivity index (χ0v) is 18.6. The summed E-state index contributed by atoms with van der Waals surface area (Å²) in [6.07, 6.45) is 6.41. The van der Waals surface area contributed by atoms with Gasteiger partial charge in [0, 0.05) is 18.0 Å². The second-order valence-electron chi connectivity index (χ2n) is 7.77. The van der Waals surface area contributed by atoms with Crippen LogP contribution in [0.4, 0.5) is 11.5 Å². The van der Waals surface area contributed by atoms with Crippen molar-refractivity contribution in [3.63, 3.8) is 0 Å². The molecule has 34 heavy (non-hydrogen) atoms. The van der Waals surface area contributed by atoms with Crippen LogP contribution in [0, 0.1) is 6.92 Å². The fraction of sp³-hybridized carbons (Fsp3) is 0.125. The Kier molecular flexibility index (Phi) is 5.38. The molecule has 0 bridgehead atoms. The summed E-state index contributed by atoms with van der Waals surface area (Å²) in [7, 11) is 1.47. The number of amides is 1. The van der Waals surface area contributed by atoms with Gasteiger partial charge >= 0.3 is 0 Å². The van der Waals surface area contributed by atoms with E-state index >= 15 is 0 Å². The molecule has 4 aromatic heterocycles. The number of hydrogen-bond acceptors (Lipinski definition) is 7. The number of aromatic nitrogens is 6. The van der Waals surface area contributed by atoms with Crippen LogP contribution in [0.3, 0.4) is 0 Å². The van der Waals surface area contributed by atoms with Crippen molar-refractivity contribution in [2.45, 2.75) is 13.5 Å². The summed E-state index contributed by atoms with van der Waals surface area (Å²) in [5.41, 5.74) is 11.0. The lowest BCUT2D eigenvalue weighted by Gasteiger charge is -2.10. The third-order valence-corrected chi connectivity index (χ3v) is 5.44. The number of carbonyl (C=O) groups is 1. The van der Waals surface area contributed by atoms with Crippen LogP contribution in [0.5, 0.6) is 5.88 Å². The van der Waals surface area contributed by atoms with E-state index in [1.54, 1.807) is 33.9 Å². The van der Waals surface area contributed by atoms with Gasteiger partial charge in [0.1, 0.15) is 17.4 Å². The Balaban J connectivity index is 1.44. The summed E-state index contributed by atoms with van der Waals surface area (Å²) in [6.45, 7) is 2.53. The van der Waals surface area contributed by atoms with Gasteiger partial charge < -0.3 is 15.8 Å². The maximum atomic E-state index is 13.1. The van der Waals surface area contributed by atoms with Crippen molar-refractivity contribution in [3.8, 4) is 17.1 Å². The second kappa shape index (κ2) is 8.66. The molecule has 0 spiro atoms. The van der Waals surface area contributed by atoms with Crippen molar-refractivity contribution in [2.75, 3.05) is 18.2 Å². The monoisotopic (exact) mass is 454 g/mol. The number of nitrogens with zero attached hydrogens (tertiary/aromatic N) is 6. The smallest absolute Gasteiger partial charge is 0.261 e. The fourth-order valence-electron chi connectivity index (χ4n) is 3.86. The first kappa shape index (κ1) is 21.1. The number of nitrogen functional groups attached to an aromatic ring is 1. The number of nitrogens with one attached hydrogen (secondary N) is 1. The van der Waals surface area contributed by atoms with Gasteiger partial charge in [-0.1, -0.05) is 30.3 Å². The molecule has 1 amide bonds. The minimum atomic E-state index is -0.364. The highest BCUT2D eigenvalue weighted by Gasteiger charge is 2.19. The number of hydrogen-bond donors (Lipinski definition) is 2. The summed E-state index contributed by atoms with van der Waals surface area (Å²) in [5, 5.41) is 11.5. The van der Waals surface area contributed by atoms with Gasteiger partial charge in [0.15, 0.2) is 5.82 Å². The molecule has 0 aliphatic heterocycles. The SMILES string of the molecule is COc1ncc(-c2cc(C)c3c(N)ncnn23)cc1C(=O)Nc1cnn(Cc2ccccc2)c1. The van der Waals surface area contributed by atoms with Crippen molar-refractivity contribution in [2.24, 2.45) is 0 Å². The number of aryl methyl sites for hydroxylation is 1. The van der Waals surface area contributed by atoms with E-state index in [0.29, 0.717) is 29.1 Å². The van der Waals surface area contributed by atoms with Crippen LogP contribution in [-0.2, 0) is 6.54 Å². The van der Waals surface area contributed by atoms with Gasteiger partial charge in [0.05, 0.1) is 31.2 Å². The van der Waals surface area contributed by atoms with Crippen molar-refractivity contribution >= 4 is 22.9 Å². The average molecular weight is 454 g/mol. The van der Waals surface area contributed by atoms with Crippen LogP contribution in [0.2, 0.25) is 0 Å². The number of rotatable bonds is 6. The Morgan fingerprint density at radius 2 is 1.94 bits per heavy atom. The maximum absolute atomic E-state index is 13.1. The largest absolute Gasteiger partial charge is 0.480 e. The number of fused-ring (bicyclic) bond motifs is 1. The Hall–Kier alpha value is -4.73. The molecule has 0 saturated carbocycles. The first-order chi connectivity index (χ1) is 16.5. The average Bonchev–Trinajstić information content (AvgIpc) is 3.43. The Labute approximate surface area is 195 Å². The third-order valence-electron chi connectivity index (χ3n) is 5.44. The standard InChI is InChI=1S/C24H22N8O2/c1-15-8-20(32-21(15)22(25)27-14-29-32)17-9-19(24(34-2)26-10-17)23(33)30-18-11-28-31(13-18)12-16-6-4-3-5-7-16/h3-11,13-14H,12H2,1-2H3,(H,30,33)(H2,25,27,29). The molecule has 0 aliphatic carbocycles. The van der Waals surface area contributed by atoms with Gasteiger partial charge in [0.2, 0.25) is 5.88 Å². The van der Waals surface area contributed by atoms with E-state index in [9.17, 15) is 4.79 Å². The molecule has 0 unspecified atom stereocenters. The highest BCUT2D eigenvalue weighted by atomic mass is 16.5. The first-order valence-electron chi connectivity index (χ1n) is 10.5. The van der Waals surface area contributed by atoms with Crippen LogP contribution >= 0.6 is 0 Å². The van der Waals surface area contributed by atoms with Gasteiger partial charge in [-0.05, 0) is 30.2 Å². The summed E-state index contributed by atoms with van der Waals surface area (Å²) in [4.78, 5) is 21.6. The number of ether oxygens (including phenoxy) is 1. The zero-order valence-electron chi connectivity index (χ0n) is 18.6. The highest BCUT2D eigenvalue weighted by molar-refractivity contribution is 6.06. The summed E-state index contributed by atoms with van der Waals surface area (Å²) in [5.74, 6) is 0.229. The molecule has 0 fully saturated rings. The Morgan fingerprint density at radius 1 is 1.12 bits per heavy atom. The molecule has 4 heterocycles. The molecule has 0 radical (unpaired) electrons. The van der Waals surface area contributed by atoms with Gasteiger partial charge in [-0.3, -0.25) is 9.48 Å². The van der Waals surface area contributed by atoms with E-state index in [0.717, 1.165) is 16.8 Å². The lowest BCUT2D eigenvalue weighted by Crippen LogP contribution is -2.14. The number of nitrogens with two attached hydrogens (primary N) is 1. The van der Waals surface area contributed by atoms with Gasteiger partial charge in [-0.25, -0.2) is 14.5 Å². The molecule has 0 saturated heterocycles. The number of anilines is 2. The first-order valence-corrected chi connectivity index (χ1v) is 10.5. The molecule has 10 nitrogen and oxygen atoms in total. The molecule has 0 atom stereocenters. The predicted molar refractivity (Wildman–Crippen MR) is 128 cm³/mol. The number of methoxy groups -OCH3 is 1. The van der Waals surface area contributed by atoms with E-state index < -0.39 is 0 Å². The van der Waals surface area contributed by atoms with Crippen LogP contribution < -0.4 is 15.8 Å². The normalized spacial score (nSPS) is 11.0. The van der Waals surface area contributed by atoms with Crippen LogP contribution in [0.1, 0.15) is 21.5 Å². The van der Waals surface area contributed by atoms with Crippen molar-refractivity contribution in [1.29, 1.82) is 0 Å². The topological polar surface area (TPSA) is 125 Å². The van der Waals surface area contributed by atoms with Crippen LogP contribution in [0.25, 0.3) is 16.8 Å². The predicted octanol–water partition coefficient (Wildman–Crippen LogP) is 3.19. The molecule has 170 valence electrons. The molecular weight excluding hydrogens is 432 g/mol. The minimum absolute atomic E-state index is 0.213. The third kappa shape index (κ3) is 3.92. The quantitative estimate of drug-likeness (QED) is 0.404. The lowest BCUT2D eigenvalue weighted by atomic mass is 10.1. The number of pyridine rings is 1. The zero-order chi connectivity index (χ0) is 23.7. The van der Waals surface area contributed by atoms with Crippen LogP contribution in [0.15, 0.2) is 67.4 Å². The summed E-state index contributed by atoms with van der Waals surface area (Å²) < 4.78 is 8.80. The lowest BCUT2D eigenvalue weighted by molar-refractivity contribution is 0.102. The van der Waals surface area contributed by atoms with Crippen molar-refractivity contribution in [3.05, 3.63) is 84.1 Å². The molecule has 1 aromatic carbocycles. The van der Waals surface area contributed by atoms with Gasteiger partial charge in [-0.2, -0.15) is 10.2 Å². The second-order valence-corrected chi connectivity index (χ2v) is 7.77. The van der Waals surface area contributed by atoms with Crippen molar-refractivity contribution < 1.29 is 9.53 Å². The number of benzene rings is 1. The molecule has 5 aromatic rings. The molecule has 5 rings (SSSR count). The van der Waals surface area contributed by atoms with E-state index in [2.05, 4.69) is 25.5 Å². The maximum Gasteiger partial charge on any atom is 0.261 e. The Bertz CT molecular complexity index is 1490. The van der Waals surface area contributed by atoms with Crippen molar-refractivity contribution in [1.82, 2.24) is 29.4 Å². The highest BCUT2D eigenvalue weighted by Crippen LogP contribution is 2.29. The van der Waals surface area contributed by atoms with E-state index in [4.69, 9.17) is 10.5 Å². The summed E-state index contributed by atoms with van der Waals surface area (Å²) >= 11 is 0. The molecule has 3 N–H and O–H groups in total. The van der Waals surface area contributed by atoms with Gasteiger partial charge in [0.25, 0.3) is 5.91 Å². The molecule has 0 aliphatic rings. The van der Waals surface area contributed by atoms with E-state index in [1.165, 1.54) is 13.4 Å². The number of carbonyl (C=O) groups excluding carboxylic acids is 1. The van der Waals surface area contributed by atoms with Crippen LogP contribution in [-0.4, -0.2) is 42.4 Å². The summed E-state index contributed by atoms with van der Waals surface area (Å²) in [6, 6.07) is 13.6. The minimum Gasteiger partial charge on any atom is -0.480 e. The molecule has 10 heteroatoms. The fourth-order valence-corrected chi connectivity index (χ4v) is 3.86. The Morgan fingerprint density at radius 3 is 2.74 bits per heavy atom. The van der Waals surface area contributed by atoms with E-state index in [1.807, 2.05) is 43.3 Å². The van der Waals surface area contributed by atoms with Gasteiger partial charge in [-0.15, -0.1) is 0 Å². The van der Waals surface area contributed by atoms with E-state index in [-0.39, 0.29) is 17.4 Å².